The largest absolute Gasteiger partial charge is 0.449 e. The predicted molar refractivity (Wildman–Crippen MR) is 141 cm³/mol. The van der Waals surface area contributed by atoms with Crippen LogP contribution in [0, 0.1) is 0 Å². The summed E-state index contributed by atoms with van der Waals surface area (Å²) >= 11 is 12.4. The van der Waals surface area contributed by atoms with E-state index in [1.807, 2.05) is 26.0 Å². The van der Waals surface area contributed by atoms with Crippen LogP contribution in [0.25, 0.3) is 0 Å². The molecule has 0 radical (unpaired) electrons. The van der Waals surface area contributed by atoms with Gasteiger partial charge in [0, 0.05) is 12.8 Å². The van der Waals surface area contributed by atoms with Gasteiger partial charge in [0.15, 0.2) is 10.1 Å². The number of ether oxygens (including phenoxy) is 2. The van der Waals surface area contributed by atoms with Crippen molar-refractivity contribution in [3.63, 3.8) is 0 Å². The first kappa shape index (κ1) is 25.8. The first-order valence-electron chi connectivity index (χ1n) is 10.7. The highest BCUT2D eigenvalue weighted by Gasteiger charge is 2.21. The molecule has 0 aromatic heterocycles. The molecule has 0 bridgehead atoms. The molecular formula is C26H34O2S3. The Morgan fingerprint density at radius 2 is 1.06 bits per heavy atom. The molecule has 31 heavy (non-hydrogen) atoms. The van der Waals surface area contributed by atoms with Crippen LogP contribution in [0.4, 0.5) is 0 Å². The second-order valence-electron chi connectivity index (χ2n) is 9.58. The standard InChI is InChI=1S/C26H34O2S3/c1-9-23(29)27-19-13-11-17(25(3,4)5)15-21(19)31-22-16-18(26(6,7)8)12-14-20(22)28-24(30)10-2/h11-16H,9-10H2,1-8H3. The fourth-order valence-electron chi connectivity index (χ4n) is 2.79. The van der Waals surface area contributed by atoms with Crippen LogP contribution in [0.3, 0.4) is 0 Å². The molecule has 0 aliphatic carbocycles. The molecule has 2 aromatic rings. The lowest BCUT2D eigenvalue weighted by Crippen LogP contribution is -2.12. The van der Waals surface area contributed by atoms with Gasteiger partial charge < -0.3 is 9.47 Å². The van der Waals surface area contributed by atoms with Crippen molar-refractivity contribution in [2.24, 2.45) is 0 Å². The highest BCUT2D eigenvalue weighted by atomic mass is 32.2. The van der Waals surface area contributed by atoms with Crippen molar-refractivity contribution in [2.45, 2.75) is 88.9 Å². The van der Waals surface area contributed by atoms with E-state index in [0.29, 0.717) is 22.9 Å². The molecule has 0 atom stereocenters. The van der Waals surface area contributed by atoms with Gasteiger partial charge in [0.2, 0.25) is 0 Å². The van der Waals surface area contributed by atoms with Crippen molar-refractivity contribution in [3.05, 3.63) is 47.5 Å². The minimum atomic E-state index is 0.0233. The molecule has 0 aliphatic rings. The maximum Gasteiger partial charge on any atom is 0.167 e. The highest BCUT2D eigenvalue weighted by Crippen LogP contribution is 2.43. The van der Waals surface area contributed by atoms with Crippen LogP contribution < -0.4 is 9.47 Å². The molecule has 0 aliphatic heterocycles. The summed E-state index contributed by atoms with van der Waals surface area (Å²) in [5, 5.41) is 1.16. The Kier molecular flexibility index (Phi) is 8.71. The zero-order chi connectivity index (χ0) is 23.4. The molecule has 0 heterocycles. The van der Waals surface area contributed by atoms with Crippen LogP contribution >= 0.6 is 36.2 Å². The minimum Gasteiger partial charge on any atom is -0.449 e. The summed E-state index contributed by atoms with van der Waals surface area (Å²) in [6.07, 6.45) is 1.39. The Morgan fingerprint density at radius 3 is 1.35 bits per heavy atom. The van der Waals surface area contributed by atoms with Crippen molar-refractivity contribution in [2.75, 3.05) is 0 Å². The molecule has 0 saturated heterocycles. The van der Waals surface area contributed by atoms with Crippen LogP contribution in [-0.4, -0.2) is 10.1 Å². The van der Waals surface area contributed by atoms with Gasteiger partial charge in [-0.2, -0.15) is 0 Å². The van der Waals surface area contributed by atoms with E-state index < -0.39 is 0 Å². The van der Waals surface area contributed by atoms with E-state index in [1.165, 1.54) is 11.1 Å². The first-order valence-corrected chi connectivity index (χ1v) is 12.4. The Balaban J connectivity index is 2.59. The average Bonchev–Trinajstić information content (AvgIpc) is 2.68. The smallest absolute Gasteiger partial charge is 0.167 e. The minimum absolute atomic E-state index is 0.0233. The van der Waals surface area contributed by atoms with E-state index in [1.54, 1.807) is 11.8 Å². The molecule has 0 unspecified atom stereocenters. The monoisotopic (exact) mass is 474 g/mol. The third-order valence-corrected chi connectivity index (χ3v) is 6.69. The zero-order valence-electron chi connectivity index (χ0n) is 19.9. The number of hydrogen-bond donors (Lipinski definition) is 0. The number of rotatable bonds is 6. The van der Waals surface area contributed by atoms with Crippen LogP contribution in [-0.2, 0) is 10.8 Å². The molecule has 0 amide bonds. The van der Waals surface area contributed by atoms with Gasteiger partial charge in [0.25, 0.3) is 0 Å². The Hall–Kier alpha value is -1.43. The van der Waals surface area contributed by atoms with Gasteiger partial charge in [-0.3, -0.25) is 0 Å². The Bertz CT molecular complexity index is 873. The van der Waals surface area contributed by atoms with Gasteiger partial charge >= 0.3 is 0 Å². The maximum absolute atomic E-state index is 6.02. The molecule has 2 aromatic carbocycles. The predicted octanol–water partition coefficient (Wildman–Crippen LogP) is 8.67. The molecule has 5 heteroatoms. The van der Waals surface area contributed by atoms with Crippen LogP contribution in [0.5, 0.6) is 11.5 Å². The van der Waals surface area contributed by atoms with E-state index >= 15 is 0 Å². The summed E-state index contributed by atoms with van der Waals surface area (Å²) < 4.78 is 12.0. The maximum atomic E-state index is 6.02. The Morgan fingerprint density at radius 1 is 0.710 bits per heavy atom. The number of benzene rings is 2. The van der Waals surface area contributed by atoms with Crippen LogP contribution in [0.1, 0.15) is 79.4 Å². The lowest BCUT2D eigenvalue weighted by atomic mass is 9.87. The molecule has 0 fully saturated rings. The SMILES string of the molecule is CCC(=S)Oc1ccc(C(C)(C)C)cc1Sc1cc(C(C)(C)C)ccc1OC(=S)CC. The molecule has 0 saturated carbocycles. The summed E-state index contributed by atoms with van der Waals surface area (Å²) in [4.78, 5) is 2.03. The van der Waals surface area contributed by atoms with Crippen LogP contribution in [0.2, 0.25) is 0 Å². The molecule has 168 valence electrons. The number of hydrogen-bond acceptors (Lipinski definition) is 5. The van der Waals surface area contributed by atoms with E-state index in [0.717, 1.165) is 21.3 Å². The second-order valence-corrected chi connectivity index (χ2v) is 11.6. The van der Waals surface area contributed by atoms with Gasteiger partial charge in [-0.25, -0.2) is 0 Å². The first-order chi connectivity index (χ1) is 14.3. The zero-order valence-corrected chi connectivity index (χ0v) is 22.4. The summed E-state index contributed by atoms with van der Waals surface area (Å²) in [5.41, 5.74) is 2.52. The third kappa shape index (κ3) is 7.30. The highest BCUT2D eigenvalue weighted by molar-refractivity contribution is 7.99. The summed E-state index contributed by atoms with van der Waals surface area (Å²) in [5.74, 6) is 1.55. The van der Waals surface area contributed by atoms with Gasteiger partial charge in [-0.05, 0) is 70.7 Å². The summed E-state index contributed by atoms with van der Waals surface area (Å²) in [6.45, 7) is 17.3. The average molecular weight is 475 g/mol. The van der Waals surface area contributed by atoms with E-state index in [-0.39, 0.29) is 10.8 Å². The topological polar surface area (TPSA) is 18.5 Å². The quantitative estimate of drug-likeness (QED) is 0.389. The van der Waals surface area contributed by atoms with Crippen molar-refractivity contribution >= 4 is 46.3 Å². The van der Waals surface area contributed by atoms with Gasteiger partial charge in [0.1, 0.15) is 11.5 Å². The van der Waals surface area contributed by atoms with E-state index in [4.69, 9.17) is 33.9 Å². The molecular weight excluding hydrogens is 440 g/mol. The fourth-order valence-corrected chi connectivity index (χ4v) is 3.99. The molecule has 2 nitrogen and oxygen atoms in total. The van der Waals surface area contributed by atoms with E-state index in [9.17, 15) is 0 Å². The fraction of sp³-hybridized carbons (Fsp3) is 0.462. The Labute approximate surface area is 203 Å². The van der Waals surface area contributed by atoms with Crippen molar-refractivity contribution in [1.29, 1.82) is 0 Å². The van der Waals surface area contributed by atoms with Crippen molar-refractivity contribution in [1.82, 2.24) is 0 Å². The van der Waals surface area contributed by atoms with Gasteiger partial charge in [0.05, 0.1) is 9.79 Å². The van der Waals surface area contributed by atoms with Crippen molar-refractivity contribution in [3.8, 4) is 11.5 Å². The number of thiocarbonyl (C=S) groups is 2. The third-order valence-electron chi connectivity index (χ3n) is 4.86. The molecule has 2 rings (SSSR count). The van der Waals surface area contributed by atoms with Gasteiger partial charge in [-0.15, -0.1) is 0 Å². The molecule has 0 spiro atoms. The summed E-state index contributed by atoms with van der Waals surface area (Å²) in [6, 6.07) is 12.7. The molecule has 0 N–H and O–H groups in total. The lowest BCUT2D eigenvalue weighted by molar-refractivity contribution is 0.529. The normalized spacial score (nSPS) is 11.9. The second kappa shape index (κ2) is 10.5. The van der Waals surface area contributed by atoms with Gasteiger partial charge in [-0.1, -0.05) is 79.3 Å². The lowest BCUT2D eigenvalue weighted by Gasteiger charge is -2.23. The van der Waals surface area contributed by atoms with E-state index in [2.05, 4.69) is 65.8 Å². The summed E-state index contributed by atoms with van der Waals surface area (Å²) in [7, 11) is 0. The van der Waals surface area contributed by atoms with Crippen molar-refractivity contribution < 1.29 is 9.47 Å². The van der Waals surface area contributed by atoms with Crippen LogP contribution in [0.15, 0.2) is 46.2 Å².